The first kappa shape index (κ1) is 14.8. The zero-order valence-electron chi connectivity index (χ0n) is 12.3. The molecule has 0 fully saturated rings. The van der Waals surface area contributed by atoms with Crippen LogP contribution in [-0.4, -0.2) is 34.1 Å². The molecule has 21 heavy (non-hydrogen) atoms. The summed E-state index contributed by atoms with van der Waals surface area (Å²) in [6, 6.07) is 5.14. The molecule has 0 aliphatic heterocycles. The molecule has 1 aromatic heterocycles. The second kappa shape index (κ2) is 5.43. The highest BCUT2D eigenvalue weighted by Gasteiger charge is 2.17. The fraction of sp³-hybridized carbons (Fsp3) is 0.357. The number of hydrogen-bond acceptors (Lipinski definition) is 4. The lowest BCUT2D eigenvalue weighted by Crippen LogP contribution is -2.45. The van der Waals surface area contributed by atoms with Gasteiger partial charge >= 0.3 is 0 Å². The van der Waals surface area contributed by atoms with Gasteiger partial charge in [0.15, 0.2) is 5.69 Å². The number of benzene rings is 1. The highest BCUT2D eigenvalue weighted by Crippen LogP contribution is 2.18. The van der Waals surface area contributed by atoms with Crippen LogP contribution < -0.4 is 16.4 Å². The number of carbonyl (C=O) groups excluding carboxylic acids is 2. The number of amides is 2. The van der Waals surface area contributed by atoms with Gasteiger partial charge in [-0.05, 0) is 39.0 Å². The van der Waals surface area contributed by atoms with Crippen LogP contribution in [0.2, 0.25) is 0 Å². The van der Waals surface area contributed by atoms with E-state index in [4.69, 9.17) is 5.73 Å². The van der Waals surface area contributed by atoms with Crippen LogP contribution >= 0.6 is 0 Å². The number of anilines is 1. The molecule has 0 atom stereocenters. The number of rotatable bonds is 3. The van der Waals surface area contributed by atoms with Crippen LogP contribution in [0.5, 0.6) is 0 Å². The van der Waals surface area contributed by atoms with Gasteiger partial charge in [-0.3, -0.25) is 14.7 Å². The molecule has 0 unspecified atom stereocenters. The lowest BCUT2D eigenvalue weighted by atomic mass is 10.1. The molecule has 2 amide bonds. The smallest absolute Gasteiger partial charge is 0.272 e. The van der Waals surface area contributed by atoms with E-state index in [0.29, 0.717) is 16.6 Å². The molecule has 0 aliphatic carbocycles. The average Bonchev–Trinajstić information content (AvgIpc) is 2.76. The standard InChI is InChI=1S/C14H19N5O2/c1-14(2,3)17-11(20)7-16-13(21)12-9-6-8(15)4-5-10(9)18-19-12/h4-6H,7,15H2,1-3H3,(H,16,21)(H,17,20)(H,18,19). The van der Waals surface area contributed by atoms with Crippen LogP contribution in [-0.2, 0) is 4.79 Å². The topological polar surface area (TPSA) is 113 Å². The van der Waals surface area contributed by atoms with Crippen LogP contribution in [0.15, 0.2) is 18.2 Å². The summed E-state index contributed by atoms with van der Waals surface area (Å²) in [6.07, 6.45) is 0. The Bertz CT molecular complexity index is 684. The van der Waals surface area contributed by atoms with E-state index in [1.54, 1.807) is 18.2 Å². The van der Waals surface area contributed by atoms with Crippen LogP contribution in [0.25, 0.3) is 10.9 Å². The molecule has 0 saturated carbocycles. The highest BCUT2D eigenvalue weighted by molar-refractivity contribution is 6.06. The van der Waals surface area contributed by atoms with Gasteiger partial charge in [-0.25, -0.2) is 0 Å². The summed E-state index contributed by atoms with van der Waals surface area (Å²) >= 11 is 0. The number of nitrogen functional groups attached to an aromatic ring is 1. The lowest BCUT2D eigenvalue weighted by Gasteiger charge is -2.20. The van der Waals surface area contributed by atoms with Crippen molar-refractivity contribution in [3.63, 3.8) is 0 Å². The Hall–Kier alpha value is -2.57. The van der Waals surface area contributed by atoms with Crippen molar-refractivity contribution < 1.29 is 9.59 Å². The summed E-state index contributed by atoms with van der Waals surface area (Å²) in [7, 11) is 0. The van der Waals surface area contributed by atoms with Gasteiger partial charge in [-0.15, -0.1) is 0 Å². The van der Waals surface area contributed by atoms with Gasteiger partial charge in [-0.1, -0.05) is 0 Å². The van der Waals surface area contributed by atoms with Gasteiger partial charge in [-0.2, -0.15) is 5.10 Å². The van der Waals surface area contributed by atoms with Crippen molar-refractivity contribution in [2.24, 2.45) is 0 Å². The van der Waals surface area contributed by atoms with Gasteiger partial charge in [0.1, 0.15) is 0 Å². The summed E-state index contributed by atoms with van der Waals surface area (Å²) in [5.41, 5.74) is 6.85. The molecule has 0 bridgehead atoms. The number of hydrogen-bond donors (Lipinski definition) is 4. The second-order valence-corrected chi connectivity index (χ2v) is 5.86. The Balaban J connectivity index is 2.06. The van der Waals surface area contributed by atoms with Crippen molar-refractivity contribution in [1.29, 1.82) is 0 Å². The summed E-state index contributed by atoms with van der Waals surface area (Å²) in [6.45, 7) is 5.51. The summed E-state index contributed by atoms with van der Waals surface area (Å²) in [5, 5.41) is 12.7. The number of nitrogens with two attached hydrogens (primary N) is 1. The molecule has 0 saturated heterocycles. The molecule has 7 heteroatoms. The van der Waals surface area contributed by atoms with Gasteiger partial charge in [0.05, 0.1) is 12.1 Å². The van der Waals surface area contributed by atoms with Crippen molar-refractivity contribution in [2.45, 2.75) is 26.3 Å². The Morgan fingerprint density at radius 1 is 1.33 bits per heavy atom. The molecule has 0 radical (unpaired) electrons. The van der Waals surface area contributed by atoms with E-state index < -0.39 is 5.91 Å². The highest BCUT2D eigenvalue weighted by atomic mass is 16.2. The zero-order valence-corrected chi connectivity index (χ0v) is 12.3. The Kier molecular flexibility index (Phi) is 3.84. The molecule has 0 spiro atoms. The van der Waals surface area contributed by atoms with E-state index in [9.17, 15) is 9.59 Å². The van der Waals surface area contributed by atoms with Crippen LogP contribution in [0, 0.1) is 0 Å². The summed E-state index contributed by atoms with van der Waals surface area (Å²) in [4.78, 5) is 23.8. The number of H-pyrrole nitrogens is 1. The van der Waals surface area contributed by atoms with E-state index in [1.165, 1.54) is 0 Å². The molecule has 2 aromatic rings. The predicted octanol–water partition coefficient (Wildman–Crippen LogP) is 0.790. The Morgan fingerprint density at radius 3 is 2.71 bits per heavy atom. The average molecular weight is 289 g/mol. The normalized spacial score (nSPS) is 11.4. The summed E-state index contributed by atoms with van der Waals surface area (Å²) in [5.74, 6) is -0.675. The van der Waals surface area contributed by atoms with Crippen molar-refractivity contribution >= 4 is 28.4 Å². The van der Waals surface area contributed by atoms with Gasteiger partial charge < -0.3 is 16.4 Å². The number of nitrogens with one attached hydrogen (secondary N) is 3. The molecular weight excluding hydrogens is 270 g/mol. The number of fused-ring (bicyclic) bond motifs is 1. The number of aromatic amines is 1. The second-order valence-electron chi connectivity index (χ2n) is 5.86. The number of aromatic nitrogens is 2. The maximum absolute atomic E-state index is 12.1. The number of nitrogens with zero attached hydrogens (tertiary/aromatic N) is 1. The van der Waals surface area contributed by atoms with Crippen molar-refractivity contribution in [1.82, 2.24) is 20.8 Å². The molecule has 0 aliphatic rings. The molecule has 5 N–H and O–H groups in total. The minimum absolute atomic E-state index is 0.104. The maximum atomic E-state index is 12.1. The van der Waals surface area contributed by atoms with E-state index in [-0.39, 0.29) is 23.7 Å². The monoisotopic (exact) mass is 289 g/mol. The first-order valence-electron chi connectivity index (χ1n) is 6.59. The largest absolute Gasteiger partial charge is 0.399 e. The molecule has 112 valence electrons. The third-order valence-electron chi connectivity index (χ3n) is 2.73. The Morgan fingerprint density at radius 2 is 2.05 bits per heavy atom. The van der Waals surface area contributed by atoms with E-state index >= 15 is 0 Å². The predicted molar refractivity (Wildman–Crippen MR) is 80.7 cm³/mol. The van der Waals surface area contributed by atoms with E-state index in [1.807, 2.05) is 20.8 Å². The lowest BCUT2D eigenvalue weighted by molar-refractivity contribution is -0.121. The third-order valence-corrected chi connectivity index (χ3v) is 2.73. The van der Waals surface area contributed by atoms with Gasteiger partial charge in [0.25, 0.3) is 5.91 Å². The first-order valence-corrected chi connectivity index (χ1v) is 6.59. The van der Waals surface area contributed by atoms with E-state index in [2.05, 4.69) is 20.8 Å². The molecule has 2 rings (SSSR count). The van der Waals surface area contributed by atoms with Crippen LogP contribution in [0.3, 0.4) is 0 Å². The van der Waals surface area contributed by atoms with Crippen LogP contribution in [0.4, 0.5) is 5.69 Å². The third kappa shape index (κ3) is 3.71. The zero-order chi connectivity index (χ0) is 15.6. The molecular formula is C14H19N5O2. The van der Waals surface area contributed by atoms with Gasteiger partial charge in [0.2, 0.25) is 5.91 Å². The van der Waals surface area contributed by atoms with Crippen molar-refractivity contribution in [3.8, 4) is 0 Å². The quantitative estimate of drug-likeness (QED) is 0.626. The number of carbonyl (C=O) groups is 2. The van der Waals surface area contributed by atoms with Crippen LogP contribution in [0.1, 0.15) is 31.3 Å². The molecule has 1 aromatic carbocycles. The molecule has 1 heterocycles. The van der Waals surface area contributed by atoms with Crippen molar-refractivity contribution in [2.75, 3.05) is 12.3 Å². The Labute approximate surface area is 122 Å². The summed E-state index contributed by atoms with van der Waals surface area (Å²) < 4.78 is 0. The van der Waals surface area contributed by atoms with Crippen molar-refractivity contribution in [3.05, 3.63) is 23.9 Å². The maximum Gasteiger partial charge on any atom is 0.272 e. The minimum atomic E-state index is -0.420. The SMILES string of the molecule is CC(C)(C)NC(=O)CNC(=O)c1n[nH]c2ccc(N)cc12. The van der Waals surface area contributed by atoms with E-state index in [0.717, 1.165) is 0 Å². The fourth-order valence-corrected chi connectivity index (χ4v) is 1.91. The minimum Gasteiger partial charge on any atom is -0.399 e. The fourth-order valence-electron chi connectivity index (χ4n) is 1.91. The van der Waals surface area contributed by atoms with Gasteiger partial charge in [0, 0.05) is 16.6 Å². The molecule has 7 nitrogen and oxygen atoms in total. The first-order chi connectivity index (χ1) is 9.76.